The fraction of sp³-hybridized carbons (Fsp3) is 0.389. The minimum absolute atomic E-state index is 0.286. The first-order valence-corrected chi connectivity index (χ1v) is 8.09. The molecule has 0 bridgehead atoms. The summed E-state index contributed by atoms with van der Waals surface area (Å²) in [4.78, 5) is 6.82. The Morgan fingerprint density at radius 2 is 2.13 bits per heavy atom. The van der Waals surface area contributed by atoms with E-state index in [1.807, 2.05) is 0 Å². The number of hydrogen-bond donors (Lipinski definition) is 2. The summed E-state index contributed by atoms with van der Waals surface area (Å²) < 4.78 is 5.23. The lowest BCUT2D eigenvalue weighted by Crippen LogP contribution is -2.44. The van der Waals surface area contributed by atoms with E-state index >= 15 is 0 Å². The summed E-state index contributed by atoms with van der Waals surface area (Å²) in [6.07, 6.45) is 1.87. The van der Waals surface area contributed by atoms with Gasteiger partial charge in [-0.25, -0.2) is 4.99 Å². The molecule has 2 N–H and O–H groups in total. The molecular formula is C18H23N3O2. The fourth-order valence-corrected chi connectivity index (χ4v) is 2.85. The summed E-state index contributed by atoms with van der Waals surface area (Å²) in [6.45, 7) is 4.91. The summed E-state index contributed by atoms with van der Waals surface area (Å²) in [5, 5.41) is 13.5. The van der Waals surface area contributed by atoms with Gasteiger partial charge >= 0.3 is 0 Å². The Labute approximate surface area is 136 Å². The normalized spacial score (nSPS) is 16.1. The number of rotatable bonds is 4. The van der Waals surface area contributed by atoms with Crippen molar-refractivity contribution in [2.24, 2.45) is 4.99 Å². The molecule has 1 atom stereocenters. The van der Waals surface area contributed by atoms with E-state index in [2.05, 4.69) is 46.4 Å². The summed E-state index contributed by atoms with van der Waals surface area (Å²) >= 11 is 0. The molecule has 1 aromatic carbocycles. The van der Waals surface area contributed by atoms with Crippen LogP contribution in [-0.2, 0) is 13.0 Å². The maximum atomic E-state index is 10.1. The van der Waals surface area contributed by atoms with Crippen LogP contribution in [0.4, 0.5) is 0 Å². The maximum Gasteiger partial charge on any atom is 0.194 e. The second kappa shape index (κ2) is 7.33. The van der Waals surface area contributed by atoms with Gasteiger partial charge in [-0.15, -0.1) is 0 Å². The molecule has 122 valence electrons. The zero-order valence-corrected chi connectivity index (χ0v) is 13.4. The van der Waals surface area contributed by atoms with Crippen molar-refractivity contribution in [3.05, 3.63) is 59.5 Å². The average Bonchev–Trinajstić information content (AvgIpc) is 3.12. The molecule has 3 rings (SSSR count). The molecule has 1 aliphatic heterocycles. The van der Waals surface area contributed by atoms with Gasteiger partial charge in [0.15, 0.2) is 5.96 Å². The first kappa shape index (κ1) is 15.6. The van der Waals surface area contributed by atoms with Crippen LogP contribution in [0, 0.1) is 0 Å². The zero-order chi connectivity index (χ0) is 16.1. The van der Waals surface area contributed by atoms with Crippen LogP contribution in [0.15, 0.2) is 52.1 Å². The van der Waals surface area contributed by atoms with Crippen LogP contribution < -0.4 is 5.32 Å². The van der Waals surface area contributed by atoms with E-state index in [1.54, 1.807) is 18.4 Å². The highest BCUT2D eigenvalue weighted by Crippen LogP contribution is 2.19. The number of aliphatic hydroxyl groups excluding tert-OH is 1. The Morgan fingerprint density at radius 3 is 2.87 bits per heavy atom. The lowest BCUT2D eigenvalue weighted by atomic mass is 10.0. The van der Waals surface area contributed by atoms with Crippen LogP contribution in [0.3, 0.4) is 0 Å². The van der Waals surface area contributed by atoms with E-state index < -0.39 is 6.10 Å². The first-order chi connectivity index (χ1) is 11.3. The minimum Gasteiger partial charge on any atom is -0.467 e. The van der Waals surface area contributed by atoms with Crippen LogP contribution in [0.5, 0.6) is 0 Å². The van der Waals surface area contributed by atoms with Gasteiger partial charge in [0, 0.05) is 19.6 Å². The van der Waals surface area contributed by atoms with Gasteiger partial charge in [-0.3, -0.25) is 0 Å². The lowest BCUT2D eigenvalue weighted by Gasteiger charge is -2.31. The number of nitrogens with zero attached hydrogens (tertiary/aromatic N) is 2. The summed E-state index contributed by atoms with van der Waals surface area (Å²) in [5.41, 5.74) is 2.76. The fourth-order valence-electron chi connectivity index (χ4n) is 2.85. The SMILES string of the molecule is CCNC(=NCC(O)c1ccco1)N1CCc2ccccc2C1. The number of fused-ring (bicyclic) bond motifs is 1. The number of aliphatic imine (C=N–C) groups is 1. The van der Waals surface area contributed by atoms with Gasteiger partial charge in [-0.05, 0) is 36.6 Å². The minimum atomic E-state index is -0.712. The molecule has 0 aliphatic carbocycles. The highest BCUT2D eigenvalue weighted by Gasteiger charge is 2.19. The molecule has 0 amide bonds. The van der Waals surface area contributed by atoms with Crippen molar-refractivity contribution >= 4 is 5.96 Å². The van der Waals surface area contributed by atoms with Gasteiger partial charge in [-0.2, -0.15) is 0 Å². The predicted octanol–water partition coefficient (Wildman–Crippen LogP) is 2.34. The average molecular weight is 313 g/mol. The Bertz CT molecular complexity index is 652. The van der Waals surface area contributed by atoms with Crippen LogP contribution >= 0.6 is 0 Å². The van der Waals surface area contributed by atoms with E-state index in [0.29, 0.717) is 5.76 Å². The van der Waals surface area contributed by atoms with Crippen LogP contribution in [-0.4, -0.2) is 35.6 Å². The molecule has 0 fully saturated rings. The maximum absolute atomic E-state index is 10.1. The Balaban J connectivity index is 1.70. The number of aliphatic hydroxyl groups is 1. The van der Waals surface area contributed by atoms with Gasteiger partial charge in [0.25, 0.3) is 0 Å². The molecule has 1 aromatic heterocycles. The van der Waals surface area contributed by atoms with Crippen molar-refractivity contribution in [1.82, 2.24) is 10.2 Å². The van der Waals surface area contributed by atoms with E-state index in [-0.39, 0.29) is 6.54 Å². The Kier molecular flexibility index (Phi) is 4.98. The molecule has 0 spiro atoms. The van der Waals surface area contributed by atoms with Crippen molar-refractivity contribution in [3.8, 4) is 0 Å². The third kappa shape index (κ3) is 3.74. The second-order valence-electron chi connectivity index (χ2n) is 5.67. The van der Waals surface area contributed by atoms with Crippen LogP contribution in [0.2, 0.25) is 0 Å². The largest absolute Gasteiger partial charge is 0.467 e. The third-order valence-electron chi connectivity index (χ3n) is 4.05. The van der Waals surface area contributed by atoms with Crippen LogP contribution in [0.25, 0.3) is 0 Å². The summed E-state index contributed by atoms with van der Waals surface area (Å²) in [5.74, 6) is 1.39. The standard InChI is InChI=1S/C18H23N3O2/c1-2-19-18(20-12-16(22)17-8-5-11-23-17)21-10-9-14-6-3-4-7-15(14)13-21/h3-8,11,16,22H,2,9-10,12-13H2,1H3,(H,19,20). The molecular weight excluding hydrogens is 290 g/mol. The third-order valence-corrected chi connectivity index (χ3v) is 4.05. The first-order valence-electron chi connectivity index (χ1n) is 8.09. The number of nitrogens with one attached hydrogen (secondary N) is 1. The van der Waals surface area contributed by atoms with Crippen LogP contribution in [0.1, 0.15) is 29.9 Å². The van der Waals surface area contributed by atoms with E-state index in [1.165, 1.54) is 11.1 Å². The Morgan fingerprint density at radius 1 is 1.30 bits per heavy atom. The molecule has 23 heavy (non-hydrogen) atoms. The van der Waals surface area contributed by atoms with Gasteiger partial charge in [0.05, 0.1) is 12.8 Å². The topological polar surface area (TPSA) is 61.0 Å². The molecule has 5 nitrogen and oxygen atoms in total. The van der Waals surface area contributed by atoms with Gasteiger partial charge in [0.1, 0.15) is 11.9 Å². The highest BCUT2D eigenvalue weighted by atomic mass is 16.4. The smallest absolute Gasteiger partial charge is 0.194 e. The molecule has 1 unspecified atom stereocenters. The van der Waals surface area contributed by atoms with E-state index in [9.17, 15) is 5.11 Å². The number of hydrogen-bond acceptors (Lipinski definition) is 3. The Hall–Kier alpha value is -2.27. The van der Waals surface area contributed by atoms with Gasteiger partial charge < -0.3 is 19.7 Å². The predicted molar refractivity (Wildman–Crippen MR) is 90.2 cm³/mol. The van der Waals surface area contributed by atoms with E-state index in [4.69, 9.17) is 4.42 Å². The molecule has 0 saturated heterocycles. The zero-order valence-electron chi connectivity index (χ0n) is 13.4. The number of furan rings is 1. The van der Waals surface area contributed by atoms with Crippen molar-refractivity contribution in [2.75, 3.05) is 19.6 Å². The van der Waals surface area contributed by atoms with Crippen molar-refractivity contribution in [3.63, 3.8) is 0 Å². The number of benzene rings is 1. The summed E-state index contributed by atoms with van der Waals surface area (Å²) in [6, 6.07) is 12.1. The molecule has 2 aromatic rings. The van der Waals surface area contributed by atoms with Gasteiger partial charge in [0.2, 0.25) is 0 Å². The quantitative estimate of drug-likeness (QED) is 0.672. The monoisotopic (exact) mass is 313 g/mol. The number of guanidine groups is 1. The van der Waals surface area contributed by atoms with E-state index in [0.717, 1.165) is 32.0 Å². The van der Waals surface area contributed by atoms with Crippen molar-refractivity contribution in [1.29, 1.82) is 0 Å². The highest BCUT2D eigenvalue weighted by molar-refractivity contribution is 5.80. The lowest BCUT2D eigenvalue weighted by molar-refractivity contribution is 0.158. The summed E-state index contributed by atoms with van der Waals surface area (Å²) in [7, 11) is 0. The molecule has 2 heterocycles. The molecule has 0 saturated carbocycles. The van der Waals surface area contributed by atoms with Crippen molar-refractivity contribution in [2.45, 2.75) is 26.0 Å². The van der Waals surface area contributed by atoms with Crippen molar-refractivity contribution < 1.29 is 9.52 Å². The molecule has 0 radical (unpaired) electrons. The molecule has 5 heteroatoms. The van der Waals surface area contributed by atoms with Gasteiger partial charge in [-0.1, -0.05) is 24.3 Å². The second-order valence-corrected chi connectivity index (χ2v) is 5.67. The molecule has 1 aliphatic rings.